The van der Waals surface area contributed by atoms with Crippen LogP contribution in [-0.4, -0.2) is 16.5 Å². The second kappa shape index (κ2) is 5.39. The van der Waals surface area contributed by atoms with Crippen LogP contribution in [0.25, 0.3) is 0 Å². The second-order valence-electron chi connectivity index (χ2n) is 2.33. The topological polar surface area (TPSA) is 37.8 Å². The predicted molar refractivity (Wildman–Crippen MR) is 53.6 cm³/mol. The van der Waals surface area contributed by atoms with E-state index in [2.05, 4.69) is 27.1 Å². The van der Waals surface area contributed by atoms with Gasteiger partial charge in [-0.25, -0.2) is 4.98 Å². The lowest BCUT2D eigenvalue weighted by atomic mass is 10.4. The Morgan fingerprint density at radius 3 is 3.08 bits per heavy atom. The van der Waals surface area contributed by atoms with E-state index in [0.717, 1.165) is 13.0 Å². The van der Waals surface area contributed by atoms with E-state index in [1.165, 1.54) is 6.20 Å². The van der Waals surface area contributed by atoms with Crippen molar-refractivity contribution in [1.29, 1.82) is 0 Å². The Kier molecular flexibility index (Phi) is 4.07. The summed E-state index contributed by atoms with van der Waals surface area (Å²) in [6.07, 6.45) is 3.93. The molecule has 0 saturated heterocycles. The molecular weight excluding hydrogens is 186 g/mol. The molecule has 1 aromatic heterocycles. The first-order valence-electron chi connectivity index (χ1n) is 3.94. The summed E-state index contributed by atoms with van der Waals surface area (Å²) in [4.78, 5) is 7.90. The maximum absolute atomic E-state index is 5.64. The highest BCUT2D eigenvalue weighted by molar-refractivity contribution is 6.29. The van der Waals surface area contributed by atoms with Crippen LogP contribution in [0, 0.1) is 11.8 Å². The van der Waals surface area contributed by atoms with Crippen molar-refractivity contribution in [2.24, 2.45) is 0 Å². The van der Waals surface area contributed by atoms with Crippen molar-refractivity contribution in [3.63, 3.8) is 0 Å². The molecule has 1 N–H and O–H groups in total. The summed E-state index contributed by atoms with van der Waals surface area (Å²) in [5.41, 5.74) is 0. The predicted octanol–water partition coefficient (Wildman–Crippen LogP) is 1.96. The average molecular weight is 196 g/mol. The van der Waals surface area contributed by atoms with Crippen molar-refractivity contribution in [1.82, 2.24) is 9.97 Å². The molecule has 0 fully saturated rings. The molecule has 4 heteroatoms. The van der Waals surface area contributed by atoms with E-state index in [9.17, 15) is 0 Å². The highest BCUT2D eigenvalue weighted by Gasteiger charge is 1.93. The number of halogens is 1. The van der Waals surface area contributed by atoms with Gasteiger partial charge in [0, 0.05) is 13.0 Å². The largest absolute Gasteiger partial charge is 0.368 e. The van der Waals surface area contributed by atoms with Gasteiger partial charge in [-0.1, -0.05) is 11.6 Å². The molecule has 68 valence electrons. The first-order chi connectivity index (χ1) is 6.33. The fourth-order valence-corrected chi connectivity index (χ4v) is 0.953. The molecule has 0 aromatic carbocycles. The molecule has 0 atom stereocenters. The Morgan fingerprint density at radius 2 is 2.38 bits per heavy atom. The van der Waals surface area contributed by atoms with Crippen LogP contribution in [0.4, 0.5) is 5.82 Å². The third-order valence-electron chi connectivity index (χ3n) is 1.34. The van der Waals surface area contributed by atoms with Crippen LogP contribution in [0.3, 0.4) is 0 Å². The number of nitrogens with one attached hydrogen (secondary N) is 1. The Morgan fingerprint density at radius 1 is 1.54 bits per heavy atom. The SMILES string of the molecule is CC#CCCNc1cncc(Cl)n1. The lowest BCUT2D eigenvalue weighted by molar-refractivity contribution is 1.06. The van der Waals surface area contributed by atoms with Crippen molar-refractivity contribution >= 4 is 17.4 Å². The van der Waals surface area contributed by atoms with E-state index < -0.39 is 0 Å². The molecule has 1 heterocycles. The van der Waals surface area contributed by atoms with E-state index >= 15 is 0 Å². The van der Waals surface area contributed by atoms with Gasteiger partial charge in [0.1, 0.15) is 11.0 Å². The molecule has 1 aromatic rings. The summed E-state index contributed by atoms with van der Waals surface area (Å²) in [7, 11) is 0. The molecule has 0 saturated carbocycles. The second-order valence-corrected chi connectivity index (χ2v) is 2.72. The van der Waals surface area contributed by atoms with Gasteiger partial charge in [-0.05, 0) is 6.92 Å². The van der Waals surface area contributed by atoms with Crippen LogP contribution < -0.4 is 5.32 Å². The van der Waals surface area contributed by atoms with Crippen molar-refractivity contribution in [2.45, 2.75) is 13.3 Å². The van der Waals surface area contributed by atoms with Crippen LogP contribution in [0.5, 0.6) is 0 Å². The molecule has 0 unspecified atom stereocenters. The summed E-state index contributed by atoms with van der Waals surface area (Å²) in [5.74, 6) is 6.44. The zero-order valence-corrected chi connectivity index (χ0v) is 8.10. The molecule has 0 bridgehead atoms. The van der Waals surface area contributed by atoms with Gasteiger partial charge in [-0.3, -0.25) is 4.98 Å². The lowest BCUT2D eigenvalue weighted by Gasteiger charge is -2.01. The summed E-state index contributed by atoms with van der Waals surface area (Å²) in [6.45, 7) is 2.58. The minimum Gasteiger partial charge on any atom is -0.368 e. The number of hydrogen-bond acceptors (Lipinski definition) is 3. The molecule has 0 radical (unpaired) electrons. The van der Waals surface area contributed by atoms with Gasteiger partial charge in [-0.2, -0.15) is 0 Å². The fourth-order valence-electron chi connectivity index (χ4n) is 0.805. The number of anilines is 1. The highest BCUT2D eigenvalue weighted by atomic mass is 35.5. The Labute approximate surface area is 82.5 Å². The number of rotatable bonds is 3. The summed E-state index contributed by atoms with van der Waals surface area (Å²) >= 11 is 5.64. The normalized spacial score (nSPS) is 8.77. The van der Waals surface area contributed by atoms with Crippen LogP contribution in [0.15, 0.2) is 12.4 Å². The molecule has 3 nitrogen and oxygen atoms in total. The Balaban J connectivity index is 2.39. The van der Waals surface area contributed by atoms with Gasteiger partial charge in [0.25, 0.3) is 0 Å². The minimum atomic E-state index is 0.395. The molecule has 0 aliphatic carbocycles. The quantitative estimate of drug-likeness (QED) is 0.592. The number of aromatic nitrogens is 2. The van der Waals surface area contributed by atoms with E-state index in [-0.39, 0.29) is 0 Å². The molecule has 0 aliphatic rings. The molecule has 0 aliphatic heterocycles. The standard InChI is InChI=1S/C9H10ClN3/c1-2-3-4-5-12-9-7-11-6-8(10)13-9/h6-7H,4-5H2,1H3,(H,12,13). The number of nitrogens with zero attached hydrogens (tertiary/aromatic N) is 2. The molecule has 0 amide bonds. The molecule has 1 rings (SSSR count). The summed E-state index contributed by atoms with van der Waals surface area (Å²) in [6, 6.07) is 0. The highest BCUT2D eigenvalue weighted by Crippen LogP contribution is 2.05. The van der Waals surface area contributed by atoms with Crippen molar-refractivity contribution in [3.8, 4) is 11.8 Å². The van der Waals surface area contributed by atoms with Gasteiger partial charge in [0.05, 0.1) is 12.4 Å². The van der Waals surface area contributed by atoms with Gasteiger partial charge < -0.3 is 5.32 Å². The Hall–Kier alpha value is -1.27. The zero-order chi connectivity index (χ0) is 9.52. The van der Waals surface area contributed by atoms with E-state index in [1.807, 2.05) is 6.92 Å². The minimum absolute atomic E-state index is 0.395. The molecular formula is C9H10ClN3. The Bertz CT molecular complexity index is 327. The smallest absolute Gasteiger partial charge is 0.149 e. The van der Waals surface area contributed by atoms with Crippen molar-refractivity contribution in [2.75, 3.05) is 11.9 Å². The lowest BCUT2D eigenvalue weighted by Crippen LogP contribution is -2.02. The van der Waals surface area contributed by atoms with Crippen LogP contribution >= 0.6 is 11.6 Å². The third-order valence-corrected chi connectivity index (χ3v) is 1.52. The van der Waals surface area contributed by atoms with Gasteiger partial charge in [-0.15, -0.1) is 11.8 Å². The van der Waals surface area contributed by atoms with Crippen molar-refractivity contribution < 1.29 is 0 Å². The monoisotopic (exact) mass is 195 g/mol. The zero-order valence-electron chi connectivity index (χ0n) is 7.34. The van der Waals surface area contributed by atoms with Crippen LogP contribution in [-0.2, 0) is 0 Å². The van der Waals surface area contributed by atoms with E-state index in [1.54, 1.807) is 6.20 Å². The fraction of sp³-hybridized carbons (Fsp3) is 0.333. The molecule has 13 heavy (non-hydrogen) atoms. The van der Waals surface area contributed by atoms with Gasteiger partial charge >= 0.3 is 0 Å². The van der Waals surface area contributed by atoms with Gasteiger partial charge in [0.15, 0.2) is 0 Å². The molecule has 0 spiro atoms. The maximum atomic E-state index is 5.64. The first kappa shape index (κ1) is 9.82. The first-order valence-corrected chi connectivity index (χ1v) is 4.32. The van der Waals surface area contributed by atoms with Crippen LogP contribution in [0.1, 0.15) is 13.3 Å². The van der Waals surface area contributed by atoms with E-state index in [4.69, 9.17) is 11.6 Å². The third kappa shape index (κ3) is 3.77. The summed E-state index contributed by atoms with van der Waals surface area (Å²) < 4.78 is 0. The van der Waals surface area contributed by atoms with Crippen LogP contribution in [0.2, 0.25) is 5.15 Å². The van der Waals surface area contributed by atoms with Gasteiger partial charge in [0.2, 0.25) is 0 Å². The number of hydrogen-bond donors (Lipinski definition) is 1. The average Bonchev–Trinajstić information content (AvgIpc) is 2.13. The summed E-state index contributed by atoms with van der Waals surface area (Å²) in [5, 5.41) is 3.45. The maximum Gasteiger partial charge on any atom is 0.149 e. The van der Waals surface area contributed by atoms with E-state index in [0.29, 0.717) is 11.0 Å². The van der Waals surface area contributed by atoms with Crippen molar-refractivity contribution in [3.05, 3.63) is 17.5 Å².